The average Bonchev–Trinajstić information content (AvgIpc) is 2.24. The fraction of sp³-hybridized carbons (Fsp3) is 0.462. The molecule has 1 atom stereocenters. The van der Waals surface area contributed by atoms with Crippen LogP contribution in [-0.4, -0.2) is 18.5 Å². The Balaban J connectivity index is 2.66. The van der Waals surface area contributed by atoms with Gasteiger partial charge in [0.05, 0.1) is 5.92 Å². The molecule has 4 heteroatoms. The van der Waals surface area contributed by atoms with Crippen molar-refractivity contribution in [3.05, 3.63) is 35.6 Å². The van der Waals surface area contributed by atoms with Crippen molar-refractivity contribution in [3.63, 3.8) is 0 Å². The number of hydrogen-bond donors (Lipinski definition) is 2. The minimum Gasteiger partial charge on any atom is -0.354 e. The van der Waals surface area contributed by atoms with Crippen LogP contribution in [0.15, 0.2) is 24.3 Å². The number of carbonyl (C=O) groups excluding carboxylic acids is 1. The second-order valence-corrected chi connectivity index (χ2v) is 4.43. The van der Waals surface area contributed by atoms with Gasteiger partial charge < -0.3 is 11.1 Å². The first-order chi connectivity index (χ1) is 8.02. The zero-order chi connectivity index (χ0) is 12.8. The first-order valence-corrected chi connectivity index (χ1v) is 5.77. The fourth-order valence-electron chi connectivity index (χ4n) is 1.63. The summed E-state index contributed by atoms with van der Waals surface area (Å²) in [5.41, 5.74) is 6.37. The van der Waals surface area contributed by atoms with Crippen LogP contribution in [0.3, 0.4) is 0 Å². The summed E-state index contributed by atoms with van der Waals surface area (Å²) in [5, 5.41) is 2.82. The molecular formula is C13H19FN2O. The van der Waals surface area contributed by atoms with E-state index in [1.165, 1.54) is 12.1 Å². The average molecular weight is 238 g/mol. The van der Waals surface area contributed by atoms with E-state index in [0.29, 0.717) is 6.42 Å². The first kappa shape index (κ1) is 13.6. The van der Waals surface area contributed by atoms with E-state index in [1.807, 2.05) is 13.8 Å². The molecule has 0 heterocycles. The Kier molecular flexibility index (Phi) is 5.10. The number of rotatable bonds is 5. The van der Waals surface area contributed by atoms with Crippen LogP contribution in [0.5, 0.6) is 0 Å². The van der Waals surface area contributed by atoms with Gasteiger partial charge in [-0.25, -0.2) is 4.39 Å². The lowest BCUT2D eigenvalue weighted by molar-refractivity contribution is -0.125. The summed E-state index contributed by atoms with van der Waals surface area (Å²) in [5.74, 6) is -0.673. The van der Waals surface area contributed by atoms with E-state index in [-0.39, 0.29) is 30.2 Å². The smallest absolute Gasteiger partial charge is 0.224 e. The van der Waals surface area contributed by atoms with Gasteiger partial charge in [-0.3, -0.25) is 4.79 Å². The van der Waals surface area contributed by atoms with Crippen LogP contribution in [0, 0.1) is 11.7 Å². The van der Waals surface area contributed by atoms with Crippen LogP contribution in [-0.2, 0) is 11.2 Å². The van der Waals surface area contributed by atoms with Crippen molar-refractivity contribution in [2.45, 2.75) is 26.3 Å². The van der Waals surface area contributed by atoms with Crippen molar-refractivity contribution in [1.82, 2.24) is 5.32 Å². The standard InChI is InChI=1S/C13H19FN2O/c1-9(2)16-13(17)11(8-15)6-10-4-3-5-12(14)7-10/h3-5,7,9,11H,6,8,15H2,1-2H3,(H,16,17). The largest absolute Gasteiger partial charge is 0.354 e. The Labute approximate surface area is 101 Å². The normalized spacial score (nSPS) is 12.5. The molecule has 1 unspecified atom stereocenters. The lowest BCUT2D eigenvalue weighted by atomic mass is 9.98. The Morgan fingerprint density at radius 1 is 1.47 bits per heavy atom. The molecule has 1 amide bonds. The van der Waals surface area contributed by atoms with Crippen molar-refractivity contribution in [3.8, 4) is 0 Å². The van der Waals surface area contributed by atoms with Crippen LogP contribution in [0.4, 0.5) is 4.39 Å². The highest BCUT2D eigenvalue weighted by Gasteiger charge is 2.17. The van der Waals surface area contributed by atoms with E-state index in [4.69, 9.17) is 5.73 Å². The number of nitrogens with two attached hydrogens (primary N) is 1. The van der Waals surface area contributed by atoms with Crippen LogP contribution in [0.25, 0.3) is 0 Å². The minimum absolute atomic E-state index is 0.0771. The van der Waals surface area contributed by atoms with E-state index in [9.17, 15) is 9.18 Å². The zero-order valence-electron chi connectivity index (χ0n) is 10.2. The molecule has 0 spiro atoms. The molecule has 1 rings (SSSR count). The molecule has 0 aliphatic rings. The Bertz CT molecular complexity index is 379. The number of halogens is 1. The number of carbonyl (C=O) groups is 1. The van der Waals surface area contributed by atoms with Crippen molar-refractivity contribution < 1.29 is 9.18 Å². The summed E-state index contributed by atoms with van der Waals surface area (Å²) < 4.78 is 13.0. The number of nitrogens with one attached hydrogen (secondary N) is 1. The molecule has 1 aromatic rings. The molecule has 94 valence electrons. The molecule has 0 saturated carbocycles. The molecule has 0 aliphatic carbocycles. The molecule has 17 heavy (non-hydrogen) atoms. The highest BCUT2D eigenvalue weighted by molar-refractivity contribution is 5.79. The van der Waals surface area contributed by atoms with Crippen LogP contribution >= 0.6 is 0 Å². The van der Waals surface area contributed by atoms with E-state index < -0.39 is 0 Å². The Hall–Kier alpha value is -1.42. The van der Waals surface area contributed by atoms with Gasteiger partial charge in [-0.05, 0) is 38.0 Å². The second kappa shape index (κ2) is 6.35. The molecular weight excluding hydrogens is 219 g/mol. The molecule has 0 aliphatic heterocycles. The van der Waals surface area contributed by atoms with E-state index in [2.05, 4.69) is 5.32 Å². The molecule has 0 radical (unpaired) electrons. The summed E-state index contributed by atoms with van der Waals surface area (Å²) in [6, 6.07) is 6.34. The van der Waals surface area contributed by atoms with Gasteiger partial charge in [0.25, 0.3) is 0 Å². The minimum atomic E-state index is -0.306. The van der Waals surface area contributed by atoms with Gasteiger partial charge in [0.2, 0.25) is 5.91 Å². The molecule has 0 saturated heterocycles. The van der Waals surface area contributed by atoms with Crippen LogP contribution in [0.1, 0.15) is 19.4 Å². The van der Waals surface area contributed by atoms with Gasteiger partial charge in [0, 0.05) is 12.6 Å². The van der Waals surface area contributed by atoms with Crippen molar-refractivity contribution in [2.24, 2.45) is 11.7 Å². The van der Waals surface area contributed by atoms with E-state index in [0.717, 1.165) is 5.56 Å². The summed E-state index contributed by atoms with van der Waals surface area (Å²) in [6.07, 6.45) is 0.465. The maximum Gasteiger partial charge on any atom is 0.224 e. The van der Waals surface area contributed by atoms with Gasteiger partial charge in [-0.1, -0.05) is 12.1 Å². The summed E-state index contributed by atoms with van der Waals surface area (Å²) in [7, 11) is 0. The van der Waals surface area contributed by atoms with Gasteiger partial charge in [0.15, 0.2) is 0 Å². The van der Waals surface area contributed by atoms with E-state index in [1.54, 1.807) is 12.1 Å². The Morgan fingerprint density at radius 3 is 2.71 bits per heavy atom. The monoisotopic (exact) mass is 238 g/mol. The number of benzene rings is 1. The third-order valence-corrected chi connectivity index (χ3v) is 2.46. The first-order valence-electron chi connectivity index (χ1n) is 5.77. The molecule has 1 aromatic carbocycles. The highest BCUT2D eigenvalue weighted by Crippen LogP contribution is 2.10. The second-order valence-electron chi connectivity index (χ2n) is 4.43. The Morgan fingerprint density at radius 2 is 2.18 bits per heavy atom. The van der Waals surface area contributed by atoms with Crippen LogP contribution in [0.2, 0.25) is 0 Å². The molecule has 0 aromatic heterocycles. The van der Waals surface area contributed by atoms with Gasteiger partial charge >= 0.3 is 0 Å². The maximum atomic E-state index is 13.0. The lowest BCUT2D eigenvalue weighted by Gasteiger charge is -2.16. The topological polar surface area (TPSA) is 55.1 Å². The third-order valence-electron chi connectivity index (χ3n) is 2.46. The quantitative estimate of drug-likeness (QED) is 0.816. The van der Waals surface area contributed by atoms with Gasteiger partial charge in [-0.15, -0.1) is 0 Å². The van der Waals surface area contributed by atoms with Crippen molar-refractivity contribution in [1.29, 1.82) is 0 Å². The summed E-state index contributed by atoms with van der Waals surface area (Å²) in [4.78, 5) is 11.8. The van der Waals surface area contributed by atoms with Crippen molar-refractivity contribution in [2.75, 3.05) is 6.54 Å². The zero-order valence-corrected chi connectivity index (χ0v) is 10.2. The highest BCUT2D eigenvalue weighted by atomic mass is 19.1. The lowest BCUT2D eigenvalue weighted by Crippen LogP contribution is -2.39. The molecule has 3 nitrogen and oxygen atoms in total. The maximum absolute atomic E-state index is 13.0. The van der Waals surface area contributed by atoms with Crippen molar-refractivity contribution >= 4 is 5.91 Å². The van der Waals surface area contributed by atoms with Gasteiger partial charge in [0.1, 0.15) is 5.82 Å². The SMILES string of the molecule is CC(C)NC(=O)C(CN)Cc1cccc(F)c1. The third kappa shape index (κ3) is 4.53. The summed E-state index contributed by atoms with van der Waals surface area (Å²) >= 11 is 0. The summed E-state index contributed by atoms with van der Waals surface area (Å²) in [6.45, 7) is 4.05. The predicted octanol–water partition coefficient (Wildman–Crippen LogP) is 1.47. The number of amides is 1. The van der Waals surface area contributed by atoms with E-state index >= 15 is 0 Å². The molecule has 0 bridgehead atoms. The fourth-order valence-corrected chi connectivity index (χ4v) is 1.63. The molecule has 0 fully saturated rings. The number of hydrogen-bond acceptors (Lipinski definition) is 2. The molecule has 3 N–H and O–H groups in total. The van der Waals surface area contributed by atoms with Gasteiger partial charge in [-0.2, -0.15) is 0 Å². The van der Waals surface area contributed by atoms with Crippen LogP contribution < -0.4 is 11.1 Å². The predicted molar refractivity (Wildman–Crippen MR) is 65.9 cm³/mol.